The summed E-state index contributed by atoms with van der Waals surface area (Å²) in [6.07, 6.45) is 39.6. The molecule has 0 radical (unpaired) electrons. The number of unbranched alkanes of at least 4 members (excludes halogenated alkanes) is 35. The fourth-order valence-electron chi connectivity index (χ4n) is 12.3. The maximum atomic E-state index is 13.4. The monoisotopic (exact) mass is 1310 g/mol. The van der Waals surface area contributed by atoms with Gasteiger partial charge in [0.25, 0.3) is 0 Å². The molecule has 92 heavy (non-hydrogen) atoms. The molecule has 0 aliphatic carbocycles. The van der Waals surface area contributed by atoms with Gasteiger partial charge < -0.3 is 89.9 Å². The van der Waals surface area contributed by atoms with Gasteiger partial charge >= 0.3 is 0 Å². The van der Waals surface area contributed by atoms with Crippen molar-refractivity contribution in [1.82, 2.24) is 5.32 Å². The Hall–Kier alpha value is -2.25. The molecule has 3 heterocycles. The summed E-state index contributed by atoms with van der Waals surface area (Å²) in [5.41, 5.74) is 0. The number of aliphatic hydroxyl groups is 11. The van der Waals surface area contributed by atoms with Gasteiger partial charge in [0.05, 0.1) is 38.6 Å². The van der Waals surface area contributed by atoms with Gasteiger partial charge in [-0.2, -0.15) is 0 Å². The molecule has 12 N–H and O–H groups in total. The Balaban J connectivity index is 1.42. The van der Waals surface area contributed by atoms with Gasteiger partial charge in [0.15, 0.2) is 18.9 Å². The molecule has 3 saturated heterocycles. The van der Waals surface area contributed by atoms with E-state index in [0.717, 1.165) is 57.8 Å². The third-order valence-electron chi connectivity index (χ3n) is 18.3. The van der Waals surface area contributed by atoms with Crippen LogP contribution in [0.5, 0.6) is 0 Å². The van der Waals surface area contributed by atoms with E-state index in [9.17, 15) is 61.0 Å². The van der Waals surface area contributed by atoms with Gasteiger partial charge in [-0.25, -0.2) is 0 Å². The first kappa shape index (κ1) is 84.0. The highest BCUT2D eigenvalue weighted by Crippen LogP contribution is 2.33. The zero-order chi connectivity index (χ0) is 66.8. The zero-order valence-electron chi connectivity index (χ0n) is 57.0. The summed E-state index contributed by atoms with van der Waals surface area (Å²) in [4.78, 5) is 13.4. The average Bonchev–Trinajstić information content (AvgIpc) is 0.838. The molecule has 19 heteroatoms. The van der Waals surface area contributed by atoms with E-state index in [1.54, 1.807) is 6.08 Å². The maximum Gasteiger partial charge on any atom is 0.220 e. The lowest BCUT2D eigenvalue weighted by atomic mass is 9.96. The van der Waals surface area contributed by atoms with E-state index in [1.807, 2.05) is 6.08 Å². The molecule has 3 rings (SSSR count). The number of amides is 1. The lowest BCUT2D eigenvalue weighted by Crippen LogP contribution is -2.66. The third-order valence-corrected chi connectivity index (χ3v) is 18.3. The molecule has 0 aromatic carbocycles. The predicted molar refractivity (Wildman–Crippen MR) is 360 cm³/mol. The largest absolute Gasteiger partial charge is 0.394 e. The Morgan fingerprint density at radius 3 is 1.09 bits per heavy atom. The molecule has 3 aliphatic heterocycles. The second-order valence-electron chi connectivity index (χ2n) is 26.4. The number of rotatable bonds is 57. The first-order valence-electron chi connectivity index (χ1n) is 36.9. The molecule has 3 aliphatic rings. The molecular formula is C73H133NO18. The van der Waals surface area contributed by atoms with Gasteiger partial charge in [-0.1, -0.05) is 249 Å². The average molecular weight is 1310 g/mol. The van der Waals surface area contributed by atoms with Crippen LogP contribution in [-0.2, 0) is 33.2 Å². The van der Waals surface area contributed by atoms with E-state index in [4.69, 9.17) is 28.4 Å². The summed E-state index contributed by atoms with van der Waals surface area (Å²) in [6.45, 7) is 1.72. The lowest BCUT2D eigenvalue weighted by Gasteiger charge is -2.48. The van der Waals surface area contributed by atoms with Crippen LogP contribution in [0.3, 0.4) is 0 Å². The van der Waals surface area contributed by atoms with E-state index in [1.165, 1.54) is 186 Å². The van der Waals surface area contributed by atoms with E-state index in [-0.39, 0.29) is 18.9 Å². The number of aliphatic hydroxyl groups excluding tert-OH is 11. The highest BCUT2D eigenvalue weighted by atomic mass is 16.8. The van der Waals surface area contributed by atoms with Crippen molar-refractivity contribution in [2.75, 3.05) is 26.4 Å². The fourth-order valence-corrected chi connectivity index (χ4v) is 12.3. The molecule has 17 unspecified atom stereocenters. The van der Waals surface area contributed by atoms with Crippen LogP contribution in [0.1, 0.15) is 277 Å². The Morgan fingerprint density at radius 1 is 0.380 bits per heavy atom. The lowest BCUT2D eigenvalue weighted by molar-refractivity contribution is -0.379. The molecule has 17 atom stereocenters. The van der Waals surface area contributed by atoms with Gasteiger partial charge in [-0.3, -0.25) is 4.79 Å². The minimum Gasteiger partial charge on any atom is -0.394 e. The Morgan fingerprint density at radius 2 is 0.696 bits per heavy atom. The van der Waals surface area contributed by atoms with Crippen molar-refractivity contribution in [2.24, 2.45) is 0 Å². The Bertz CT molecular complexity index is 1860. The second-order valence-corrected chi connectivity index (χ2v) is 26.4. The molecule has 0 spiro atoms. The van der Waals surface area contributed by atoms with E-state index >= 15 is 0 Å². The first-order valence-corrected chi connectivity index (χ1v) is 36.9. The highest BCUT2D eigenvalue weighted by molar-refractivity contribution is 5.76. The number of carbonyl (C=O) groups is 1. The molecule has 0 aromatic heterocycles. The molecule has 0 aromatic rings. The van der Waals surface area contributed by atoms with Crippen LogP contribution in [0.15, 0.2) is 48.6 Å². The molecule has 1 amide bonds. The first-order chi connectivity index (χ1) is 44.8. The standard InChI is InChI=1S/C73H133NO18/c1-3-5-7-9-11-13-15-17-19-21-22-23-24-25-26-27-28-29-30-31-32-33-35-36-38-40-42-44-46-48-50-57(78)56(74-61(79)51-49-47-45-43-41-39-37-34-20-18-16-14-12-10-8-6-4-2)55-87-71-67(85)64(82)69(59(53-76)89-71)92-73-68(86)65(83)70(60(54-77)90-73)91-72-66(84)63(81)62(80)58(52-75)88-72/h18,20,33,35,40,42,48,50,56-60,62-73,75-78,80-86H,3-17,19,21-32,34,36-39,41,43-47,49,51-55H2,1-2H3,(H,74,79)/b20-18-,35-33+,42-40+,50-48+. The summed E-state index contributed by atoms with van der Waals surface area (Å²) in [5.74, 6) is -0.293. The van der Waals surface area contributed by atoms with Crippen LogP contribution in [0.2, 0.25) is 0 Å². The SMILES string of the molecule is CCCCCCCC/C=C\CCCCCCCCCC(=O)NC(COC1OC(CO)C(OC2OC(CO)C(OC3OC(CO)C(O)C(O)C3O)C(O)C2O)C(O)C1O)C(O)/C=C/CC/C=C/CC/C=C/CCCCCCCCCCCCCCCCCCCCCC. The second kappa shape index (κ2) is 54.7. The van der Waals surface area contributed by atoms with Gasteiger partial charge in [-0.15, -0.1) is 0 Å². The van der Waals surface area contributed by atoms with Crippen LogP contribution in [-0.4, -0.2) is 193 Å². The quantitative estimate of drug-likeness (QED) is 0.0199. The Kier molecular flexibility index (Phi) is 50.0. The van der Waals surface area contributed by atoms with Crippen molar-refractivity contribution in [3.63, 3.8) is 0 Å². The molecule has 3 fully saturated rings. The molecule has 538 valence electrons. The molecule has 0 bridgehead atoms. The minimum absolute atomic E-state index is 0.227. The number of hydrogen-bond acceptors (Lipinski definition) is 18. The van der Waals surface area contributed by atoms with Crippen LogP contribution >= 0.6 is 0 Å². The summed E-state index contributed by atoms with van der Waals surface area (Å²) in [7, 11) is 0. The molecule has 0 saturated carbocycles. The summed E-state index contributed by atoms with van der Waals surface area (Å²) >= 11 is 0. The highest BCUT2D eigenvalue weighted by Gasteiger charge is 2.53. The van der Waals surface area contributed by atoms with Gasteiger partial charge in [0.1, 0.15) is 73.2 Å². The topological polar surface area (TPSA) is 307 Å². The Labute approximate surface area is 554 Å². The third kappa shape index (κ3) is 35.8. The van der Waals surface area contributed by atoms with Crippen molar-refractivity contribution in [1.29, 1.82) is 0 Å². The number of hydrogen-bond donors (Lipinski definition) is 12. The van der Waals surface area contributed by atoms with Gasteiger partial charge in [-0.05, 0) is 70.6 Å². The number of ether oxygens (including phenoxy) is 6. The fraction of sp³-hybridized carbons (Fsp3) is 0.877. The molecule has 19 nitrogen and oxygen atoms in total. The van der Waals surface area contributed by atoms with E-state index in [2.05, 4.69) is 55.6 Å². The summed E-state index contributed by atoms with van der Waals surface area (Å²) < 4.78 is 34.3. The normalized spacial score (nSPS) is 27.9. The van der Waals surface area contributed by atoms with Crippen molar-refractivity contribution in [3.8, 4) is 0 Å². The van der Waals surface area contributed by atoms with Crippen molar-refractivity contribution in [3.05, 3.63) is 48.6 Å². The van der Waals surface area contributed by atoms with Crippen molar-refractivity contribution >= 4 is 5.91 Å². The smallest absolute Gasteiger partial charge is 0.220 e. The van der Waals surface area contributed by atoms with Crippen molar-refractivity contribution in [2.45, 2.75) is 381 Å². The summed E-state index contributed by atoms with van der Waals surface area (Å²) in [6, 6.07) is -1.00. The maximum absolute atomic E-state index is 13.4. The van der Waals surface area contributed by atoms with Crippen molar-refractivity contribution < 1.29 is 89.4 Å². The number of carbonyl (C=O) groups excluding carboxylic acids is 1. The van der Waals surface area contributed by atoms with Crippen LogP contribution in [0.4, 0.5) is 0 Å². The van der Waals surface area contributed by atoms with Crippen LogP contribution in [0.25, 0.3) is 0 Å². The summed E-state index contributed by atoms with van der Waals surface area (Å²) in [5, 5.41) is 121. The van der Waals surface area contributed by atoms with Crippen LogP contribution < -0.4 is 5.32 Å². The molecular weight excluding hydrogens is 1180 g/mol. The predicted octanol–water partition coefficient (Wildman–Crippen LogP) is 10.6. The minimum atomic E-state index is -1.98. The van der Waals surface area contributed by atoms with Crippen LogP contribution in [0, 0.1) is 0 Å². The van der Waals surface area contributed by atoms with Gasteiger partial charge in [0.2, 0.25) is 5.91 Å². The number of allylic oxidation sites excluding steroid dienone is 7. The van der Waals surface area contributed by atoms with E-state index in [0.29, 0.717) is 12.8 Å². The number of nitrogens with one attached hydrogen (secondary N) is 1. The van der Waals surface area contributed by atoms with Gasteiger partial charge in [0, 0.05) is 6.42 Å². The van der Waals surface area contributed by atoms with E-state index < -0.39 is 124 Å². The zero-order valence-corrected chi connectivity index (χ0v) is 57.0.